The molecular weight excluding hydrogens is 324 g/mol. The summed E-state index contributed by atoms with van der Waals surface area (Å²) in [6.07, 6.45) is 0.527. The highest BCUT2D eigenvalue weighted by Crippen LogP contribution is 2.21. The number of hydrogen-bond donors (Lipinski definition) is 1. The van der Waals surface area contributed by atoms with E-state index in [-0.39, 0.29) is 18.1 Å². The second kappa shape index (κ2) is 9.91. The van der Waals surface area contributed by atoms with Crippen LogP contribution in [0.3, 0.4) is 0 Å². The molecule has 134 valence electrons. The van der Waals surface area contributed by atoms with Gasteiger partial charge in [0.1, 0.15) is 5.75 Å². The van der Waals surface area contributed by atoms with Crippen LogP contribution in [0.15, 0.2) is 29.2 Å². The Morgan fingerprint density at radius 2 is 1.96 bits per heavy atom. The van der Waals surface area contributed by atoms with Crippen LogP contribution in [0.2, 0.25) is 0 Å². The number of carbonyl (C=O) groups is 1. The molecule has 1 aromatic carbocycles. The van der Waals surface area contributed by atoms with Gasteiger partial charge in [-0.05, 0) is 45.0 Å². The van der Waals surface area contributed by atoms with Crippen LogP contribution in [0, 0.1) is 0 Å². The summed E-state index contributed by atoms with van der Waals surface area (Å²) in [4.78, 5) is 15.4. The molecule has 1 saturated heterocycles. The molecule has 6 heteroatoms. The van der Waals surface area contributed by atoms with E-state index in [4.69, 9.17) is 9.47 Å². The van der Waals surface area contributed by atoms with Crippen LogP contribution in [0.5, 0.6) is 5.75 Å². The number of morpholine rings is 1. The van der Waals surface area contributed by atoms with E-state index >= 15 is 0 Å². The van der Waals surface area contributed by atoms with Gasteiger partial charge in [-0.2, -0.15) is 0 Å². The van der Waals surface area contributed by atoms with Gasteiger partial charge in [-0.15, -0.1) is 11.8 Å². The van der Waals surface area contributed by atoms with Gasteiger partial charge < -0.3 is 14.8 Å². The Labute approximate surface area is 149 Å². The van der Waals surface area contributed by atoms with Crippen LogP contribution in [0.25, 0.3) is 0 Å². The van der Waals surface area contributed by atoms with Gasteiger partial charge in [-0.1, -0.05) is 0 Å². The summed E-state index contributed by atoms with van der Waals surface area (Å²) in [6.45, 7) is 10.2. The Kier molecular flexibility index (Phi) is 7.88. The highest BCUT2D eigenvalue weighted by atomic mass is 32.2. The van der Waals surface area contributed by atoms with Crippen LogP contribution >= 0.6 is 11.8 Å². The fourth-order valence-corrected chi connectivity index (χ4v) is 3.55. The van der Waals surface area contributed by atoms with Crippen LogP contribution < -0.4 is 10.1 Å². The lowest BCUT2D eigenvalue weighted by molar-refractivity contribution is -0.118. The van der Waals surface area contributed by atoms with Crippen molar-refractivity contribution >= 4 is 17.7 Å². The average molecular weight is 353 g/mol. The maximum absolute atomic E-state index is 12.0. The molecule has 0 saturated carbocycles. The van der Waals surface area contributed by atoms with Gasteiger partial charge in [0, 0.05) is 31.1 Å². The van der Waals surface area contributed by atoms with E-state index in [0.717, 1.165) is 30.3 Å². The molecule has 1 aliphatic rings. The van der Waals surface area contributed by atoms with Gasteiger partial charge >= 0.3 is 0 Å². The topological polar surface area (TPSA) is 50.8 Å². The Bertz CT molecular complexity index is 499. The van der Waals surface area contributed by atoms with Crippen molar-refractivity contribution in [3.63, 3.8) is 0 Å². The van der Waals surface area contributed by atoms with Gasteiger partial charge in [0.2, 0.25) is 5.91 Å². The lowest BCUT2D eigenvalue weighted by Gasteiger charge is -2.35. The van der Waals surface area contributed by atoms with E-state index in [1.807, 2.05) is 31.2 Å². The van der Waals surface area contributed by atoms with E-state index in [1.165, 1.54) is 0 Å². The number of amides is 1. The smallest absolute Gasteiger partial charge is 0.230 e. The van der Waals surface area contributed by atoms with Crippen molar-refractivity contribution in [1.29, 1.82) is 0 Å². The zero-order valence-corrected chi connectivity index (χ0v) is 15.6. The maximum Gasteiger partial charge on any atom is 0.230 e. The Morgan fingerprint density at radius 1 is 1.29 bits per heavy atom. The summed E-state index contributed by atoms with van der Waals surface area (Å²) in [5, 5.41) is 2.99. The Balaban J connectivity index is 1.62. The van der Waals surface area contributed by atoms with E-state index in [0.29, 0.717) is 18.9 Å². The van der Waals surface area contributed by atoms with Crippen LogP contribution in [0.1, 0.15) is 20.8 Å². The first-order chi connectivity index (χ1) is 11.6. The zero-order valence-electron chi connectivity index (χ0n) is 14.8. The van der Waals surface area contributed by atoms with Crippen molar-refractivity contribution in [3.8, 4) is 5.75 Å². The summed E-state index contributed by atoms with van der Waals surface area (Å²) in [5.41, 5.74) is 0. The van der Waals surface area contributed by atoms with Crippen molar-refractivity contribution < 1.29 is 14.3 Å². The predicted octanol–water partition coefficient (Wildman–Crippen LogP) is 2.40. The molecule has 1 amide bonds. The van der Waals surface area contributed by atoms with Crippen molar-refractivity contribution in [2.75, 3.05) is 38.5 Å². The van der Waals surface area contributed by atoms with Crippen molar-refractivity contribution in [1.82, 2.24) is 10.2 Å². The Morgan fingerprint density at radius 3 is 2.58 bits per heavy atom. The molecule has 0 spiro atoms. The minimum atomic E-state index is 0.0724. The summed E-state index contributed by atoms with van der Waals surface area (Å²) >= 11 is 1.54. The van der Waals surface area contributed by atoms with Gasteiger partial charge in [-0.3, -0.25) is 9.69 Å². The van der Waals surface area contributed by atoms with Crippen molar-refractivity contribution in [2.45, 2.75) is 37.9 Å². The molecule has 0 aromatic heterocycles. The molecule has 0 bridgehead atoms. The van der Waals surface area contributed by atoms with Crippen LogP contribution in [0.4, 0.5) is 0 Å². The number of thioether (sulfide) groups is 1. The fraction of sp³-hybridized carbons (Fsp3) is 0.611. The first-order valence-corrected chi connectivity index (χ1v) is 9.55. The normalized spacial score (nSPS) is 21.5. The molecule has 1 N–H and O–H groups in total. The quantitative estimate of drug-likeness (QED) is 0.728. The Hall–Kier alpha value is -1.24. The molecule has 1 aliphatic heterocycles. The molecule has 0 radical (unpaired) electrons. The minimum absolute atomic E-state index is 0.0724. The minimum Gasteiger partial charge on any atom is -0.494 e. The summed E-state index contributed by atoms with van der Waals surface area (Å²) in [5.74, 6) is 1.37. The SMILES string of the molecule is CCOc1ccc(SCC(=O)NCCN2CC(C)OC(C)C2)cc1. The molecule has 0 aliphatic carbocycles. The molecule has 2 atom stereocenters. The zero-order chi connectivity index (χ0) is 17.4. The monoisotopic (exact) mass is 352 g/mol. The molecule has 2 rings (SSSR count). The third-order valence-corrected chi connectivity index (χ3v) is 4.76. The number of nitrogens with zero attached hydrogens (tertiary/aromatic N) is 1. The van der Waals surface area contributed by atoms with Crippen molar-refractivity contribution in [3.05, 3.63) is 24.3 Å². The number of nitrogens with one attached hydrogen (secondary N) is 1. The summed E-state index contributed by atoms with van der Waals surface area (Å²) < 4.78 is 11.1. The number of hydrogen-bond acceptors (Lipinski definition) is 5. The highest BCUT2D eigenvalue weighted by Gasteiger charge is 2.21. The van der Waals surface area contributed by atoms with Gasteiger partial charge in [0.15, 0.2) is 0 Å². The van der Waals surface area contributed by atoms with E-state index < -0.39 is 0 Å². The molecule has 1 fully saturated rings. The number of carbonyl (C=O) groups excluding carboxylic acids is 1. The lowest BCUT2D eigenvalue weighted by Crippen LogP contribution is -2.48. The van der Waals surface area contributed by atoms with E-state index in [1.54, 1.807) is 11.8 Å². The molecule has 1 aromatic rings. The van der Waals surface area contributed by atoms with E-state index in [9.17, 15) is 4.79 Å². The third kappa shape index (κ3) is 6.71. The third-order valence-electron chi connectivity index (χ3n) is 3.75. The first kappa shape index (κ1) is 19.1. The first-order valence-electron chi connectivity index (χ1n) is 8.57. The van der Waals surface area contributed by atoms with Crippen LogP contribution in [-0.2, 0) is 9.53 Å². The standard InChI is InChI=1S/C18H28N2O3S/c1-4-22-16-5-7-17(8-6-16)24-13-18(21)19-9-10-20-11-14(2)23-15(3)12-20/h5-8,14-15H,4,9-13H2,1-3H3,(H,19,21). The average Bonchev–Trinajstić information content (AvgIpc) is 2.53. The highest BCUT2D eigenvalue weighted by molar-refractivity contribution is 8.00. The van der Waals surface area contributed by atoms with Gasteiger partial charge in [0.25, 0.3) is 0 Å². The number of ether oxygens (including phenoxy) is 2. The van der Waals surface area contributed by atoms with Gasteiger partial charge in [0.05, 0.1) is 24.6 Å². The molecule has 5 nitrogen and oxygen atoms in total. The second-order valence-corrected chi connectivity index (χ2v) is 7.11. The second-order valence-electron chi connectivity index (χ2n) is 6.06. The predicted molar refractivity (Wildman–Crippen MR) is 97.8 cm³/mol. The molecule has 2 unspecified atom stereocenters. The number of rotatable bonds is 8. The summed E-state index contributed by atoms with van der Waals surface area (Å²) in [7, 11) is 0. The van der Waals surface area contributed by atoms with E-state index in [2.05, 4.69) is 24.1 Å². The maximum atomic E-state index is 12.0. The summed E-state index contributed by atoms with van der Waals surface area (Å²) in [6, 6.07) is 7.84. The fourth-order valence-electron chi connectivity index (χ4n) is 2.82. The van der Waals surface area contributed by atoms with Crippen LogP contribution in [-0.4, -0.2) is 61.6 Å². The molecule has 1 heterocycles. The molecular formula is C18H28N2O3S. The van der Waals surface area contributed by atoms with Gasteiger partial charge in [-0.25, -0.2) is 0 Å². The molecule has 24 heavy (non-hydrogen) atoms. The largest absolute Gasteiger partial charge is 0.494 e. The lowest BCUT2D eigenvalue weighted by atomic mass is 10.2. The van der Waals surface area contributed by atoms with Crippen molar-refractivity contribution in [2.24, 2.45) is 0 Å². The number of benzene rings is 1.